The number of amides is 2. The Morgan fingerprint density at radius 2 is 1.78 bits per heavy atom. The zero-order valence-electron chi connectivity index (χ0n) is 25.0. The van der Waals surface area contributed by atoms with Crippen molar-refractivity contribution in [1.82, 2.24) is 25.6 Å². The summed E-state index contributed by atoms with van der Waals surface area (Å²) in [5, 5.41) is 9.36. The maximum Gasteiger partial charge on any atom is 0.391 e. The van der Waals surface area contributed by atoms with Crippen LogP contribution in [-0.2, 0) is 11.3 Å². The molecule has 15 heteroatoms. The van der Waals surface area contributed by atoms with Gasteiger partial charge in [-0.3, -0.25) is 9.59 Å². The summed E-state index contributed by atoms with van der Waals surface area (Å²) < 4.78 is 53.6. The predicted molar refractivity (Wildman–Crippen MR) is 166 cm³/mol. The predicted octanol–water partition coefficient (Wildman–Crippen LogP) is 7.07. The molecular formula is C30H35Cl2F4N7O2. The first kappa shape index (κ1) is 33.1. The first-order chi connectivity index (χ1) is 21.1. The summed E-state index contributed by atoms with van der Waals surface area (Å²) >= 11 is 13.1. The summed E-state index contributed by atoms with van der Waals surface area (Å²) in [6.07, 6.45) is -4.76. The fourth-order valence-electron chi connectivity index (χ4n) is 5.54. The lowest BCUT2D eigenvalue weighted by Crippen LogP contribution is -2.40. The Morgan fingerprint density at radius 3 is 2.40 bits per heavy atom. The molecule has 244 valence electrons. The van der Waals surface area contributed by atoms with E-state index in [1.807, 2.05) is 0 Å². The molecule has 1 saturated heterocycles. The molecule has 2 aromatic heterocycles. The van der Waals surface area contributed by atoms with Gasteiger partial charge >= 0.3 is 6.18 Å². The number of hydrogen-bond acceptors (Lipinski definition) is 6. The van der Waals surface area contributed by atoms with Crippen molar-refractivity contribution in [2.75, 3.05) is 23.3 Å². The smallest absolute Gasteiger partial charge is 0.353 e. The summed E-state index contributed by atoms with van der Waals surface area (Å²) in [4.78, 5) is 39.7. The van der Waals surface area contributed by atoms with Gasteiger partial charge in [0.25, 0.3) is 5.91 Å². The topological polar surface area (TPSA) is 115 Å². The molecule has 1 saturated carbocycles. The molecule has 5 rings (SSSR count). The van der Waals surface area contributed by atoms with Crippen molar-refractivity contribution >= 4 is 63.6 Å². The lowest BCUT2D eigenvalue weighted by molar-refractivity contribution is -0.182. The highest BCUT2D eigenvalue weighted by Crippen LogP contribution is 2.38. The van der Waals surface area contributed by atoms with E-state index in [2.05, 4.69) is 30.9 Å². The number of nitrogens with zero attached hydrogens (tertiary/aromatic N) is 3. The second-order valence-corrected chi connectivity index (χ2v) is 13.5. The van der Waals surface area contributed by atoms with Gasteiger partial charge in [-0.2, -0.15) is 18.2 Å². The molecule has 1 atom stereocenters. The maximum absolute atomic E-state index is 14.2. The van der Waals surface area contributed by atoms with Crippen molar-refractivity contribution in [3.05, 3.63) is 39.4 Å². The highest BCUT2D eigenvalue weighted by molar-refractivity contribution is 6.39. The van der Waals surface area contributed by atoms with Gasteiger partial charge in [-0.25, -0.2) is 9.37 Å². The molecule has 2 fully saturated rings. The van der Waals surface area contributed by atoms with Crippen LogP contribution in [0.5, 0.6) is 0 Å². The van der Waals surface area contributed by atoms with E-state index >= 15 is 0 Å². The number of carbonyl (C=O) groups excluding carboxylic acids is 2. The lowest BCUT2D eigenvalue weighted by Gasteiger charge is -2.30. The van der Waals surface area contributed by atoms with E-state index in [-0.39, 0.29) is 79.1 Å². The van der Waals surface area contributed by atoms with Crippen LogP contribution in [0.1, 0.15) is 68.8 Å². The Morgan fingerprint density at radius 1 is 1.07 bits per heavy atom. The van der Waals surface area contributed by atoms with Crippen LogP contribution in [0.4, 0.5) is 35.0 Å². The zero-order valence-corrected chi connectivity index (χ0v) is 26.6. The molecule has 2 amide bonds. The fraction of sp³-hybridized carbons (Fsp3) is 0.533. The van der Waals surface area contributed by atoms with Gasteiger partial charge in [0.1, 0.15) is 12.0 Å². The molecule has 9 nitrogen and oxygen atoms in total. The van der Waals surface area contributed by atoms with Gasteiger partial charge in [-0.15, -0.1) is 0 Å². The van der Waals surface area contributed by atoms with Crippen LogP contribution in [0.15, 0.2) is 18.2 Å². The third-order valence-corrected chi connectivity index (χ3v) is 8.94. The molecule has 2 aliphatic rings. The van der Waals surface area contributed by atoms with Gasteiger partial charge < -0.3 is 25.8 Å². The van der Waals surface area contributed by atoms with E-state index in [9.17, 15) is 27.2 Å². The normalized spacial score (nSPS) is 20.8. The van der Waals surface area contributed by atoms with Crippen molar-refractivity contribution in [3.8, 4) is 0 Å². The average Bonchev–Trinajstić information content (AvgIpc) is 3.58. The number of H-pyrrole nitrogens is 1. The Bertz CT molecular complexity index is 1580. The van der Waals surface area contributed by atoms with Gasteiger partial charge in [0.2, 0.25) is 11.9 Å². The largest absolute Gasteiger partial charge is 0.391 e. The van der Waals surface area contributed by atoms with E-state index in [0.29, 0.717) is 28.3 Å². The highest BCUT2D eigenvalue weighted by atomic mass is 35.5. The second-order valence-electron chi connectivity index (χ2n) is 12.7. The highest BCUT2D eigenvalue weighted by Gasteiger charge is 2.41. The summed E-state index contributed by atoms with van der Waals surface area (Å²) in [5.74, 6) is -1.55. The number of halogens is 6. The van der Waals surface area contributed by atoms with Crippen LogP contribution < -0.4 is 20.9 Å². The van der Waals surface area contributed by atoms with Crippen LogP contribution in [0, 0.1) is 11.3 Å². The molecule has 0 bridgehead atoms. The molecule has 1 aliphatic carbocycles. The molecule has 0 spiro atoms. The first-order valence-corrected chi connectivity index (χ1v) is 15.5. The minimum Gasteiger partial charge on any atom is -0.353 e. The number of aromatic amines is 1. The van der Waals surface area contributed by atoms with Crippen LogP contribution in [0.25, 0.3) is 11.2 Å². The number of aromatic nitrogens is 3. The van der Waals surface area contributed by atoms with Gasteiger partial charge in [-0.05, 0) is 49.8 Å². The standard InChI is InChI=1S/C30H35Cl2F4N7O2/c1-29(2,3)27(45)37-13-15-4-9-20(31)23(22(15)32)40-28-39-21-12-19(25(41-24(21)42-28)43-11-10-17(33)14-43)26(44)38-18-7-5-16(6-8-18)30(34,35)36/h4,9,12,16-18H,5-8,10-11,13-14H2,1-3H3,(H,37,45)(H,38,44)(H2,39,40,41,42). The summed E-state index contributed by atoms with van der Waals surface area (Å²) in [6.45, 7) is 5.98. The minimum atomic E-state index is -4.25. The number of rotatable bonds is 7. The Balaban J connectivity index is 1.39. The van der Waals surface area contributed by atoms with Crippen molar-refractivity contribution in [3.63, 3.8) is 0 Å². The van der Waals surface area contributed by atoms with Crippen LogP contribution in [0.3, 0.4) is 0 Å². The van der Waals surface area contributed by atoms with E-state index in [0.717, 1.165) is 0 Å². The molecule has 0 radical (unpaired) electrons. The number of pyridine rings is 1. The second kappa shape index (κ2) is 12.8. The molecule has 4 N–H and O–H groups in total. The Hall–Kier alpha value is -3.32. The number of alkyl halides is 4. The molecule has 3 aromatic rings. The van der Waals surface area contributed by atoms with Crippen molar-refractivity contribution < 1.29 is 27.2 Å². The van der Waals surface area contributed by atoms with Crippen LogP contribution in [-0.4, -0.2) is 58.2 Å². The van der Waals surface area contributed by atoms with Crippen LogP contribution >= 0.6 is 23.2 Å². The first-order valence-electron chi connectivity index (χ1n) is 14.8. The molecule has 1 aliphatic heterocycles. The summed E-state index contributed by atoms with van der Waals surface area (Å²) in [6, 6.07) is 4.48. The van der Waals surface area contributed by atoms with Crippen molar-refractivity contribution in [1.29, 1.82) is 0 Å². The molecular weight excluding hydrogens is 637 g/mol. The van der Waals surface area contributed by atoms with E-state index < -0.39 is 35.6 Å². The van der Waals surface area contributed by atoms with Gasteiger partial charge in [0, 0.05) is 24.5 Å². The molecule has 1 aromatic carbocycles. The maximum atomic E-state index is 14.2. The van der Waals surface area contributed by atoms with E-state index in [4.69, 9.17) is 23.2 Å². The average molecular weight is 673 g/mol. The summed E-state index contributed by atoms with van der Waals surface area (Å²) in [5.41, 5.74) is 1.19. The number of anilines is 3. The SMILES string of the molecule is CC(C)(C)C(=O)NCc1ccc(Cl)c(Nc2nc3nc(N4CCC(F)C4)c(C(=O)NC4CCC(C(F)(F)F)CC4)cc3[nH]2)c1Cl. The van der Waals surface area contributed by atoms with Gasteiger partial charge in [0.15, 0.2) is 5.65 Å². The molecule has 3 heterocycles. The molecule has 45 heavy (non-hydrogen) atoms. The number of hydrogen-bond donors (Lipinski definition) is 4. The number of fused-ring (bicyclic) bond motifs is 1. The third-order valence-electron chi connectivity index (χ3n) is 8.19. The number of benzene rings is 1. The summed E-state index contributed by atoms with van der Waals surface area (Å²) in [7, 11) is 0. The quantitative estimate of drug-likeness (QED) is 0.200. The van der Waals surface area contributed by atoms with E-state index in [1.165, 1.54) is 0 Å². The number of imidazole rings is 1. The van der Waals surface area contributed by atoms with Crippen LogP contribution in [0.2, 0.25) is 10.0 Å². The monoisotopic (exact) mass is 671 g/mol. The third kappa shape index (κ3) is 7.57. The number of nitrogens with one attached hydrogen (secondary N) is 4. The lowest BCUT2D eigenvalue weighted by atomic mass is 9.85. The number of carbonyl (C=O) groups is 2. The van der Waals surface area contributed by atoms with Gasteiger partial charge in [-0.1, -0.05) is 50.0 Å². The zero-order chi connectivity index (χ0) is 32.7. The van der Waals surface area contributed by atoms with E-state index in [1.54, 1.807) is 43.9 Å². The van der Waals surface area contributed by atoms with Gasteiger partial charge in [0.05, 0.1) is 39.3 Å². The Labute approximate surface area is 267 Å². The Kier molecular flexibility index (Phi) is 9.42. The van der Waals surface area contributed by atoms with Crippen molar-refractivity contribution in [2.45, 2.75) is 77.8 Å². The minimum absolute atomic E-state index is 0.0504. The fourth-order valence-corrected chi connectivity index (χ4v) is 6.08. The molecule has 1 unspecified atom stereocenters. The van der Waals surface area contributed by atoms with Crippen molar-refractivity contribution in [2.24, 2.45) is 11.3 Å².